The van der Waals surface area contributed by atoms with E-state index in [2.05, 4.69) is 27.0 Å². The Balaban J connectivity index is 1.59. The quantitative estimate of drug-likeness (QED) is 0.665. The fourth-order valence-corrected chi connectivity index (χ4v) is 4.34. The number of H-pyrrole nitrogens is 1. The third-order valence-corrected chi connectivity index (χ3v) is 6.36. The summed E-state index contributed by atoms with van der Waals surface area (Å²) in [7, 11) is -3.15. The number of fused-ring (bicyclic) bond motifs is 1. The summed E-state index contributed by atoms with van der Waals surface area (Å²) in [5, 5.41) is 8.58. The van der Waals surface area contributed by atoms with Crippen molar-refractivity contribution in [3.63, 3.8) is 0 Å². The molecule has 0 saturated carbocycles. The van der Waals surface area contributed by atoms with Crippen LogP contribution in [0.2, 0.25) is 0 Å². The highest BCUT2D eigenvalue weighted by Crippen LogP contribution is 2.31. The summed E-state index contributed by atoms with van der Waals surface area (Å²) >= 11 is 0. The molecule has 29 heavy (non-hydrogen) atoms. The minimum absolute atomic E-state index is 0.466. The summed E-state index contributed by atoms with van der Waals surface area (Å²) in [6, 6.07) is 9.87. The molecule has 1 aliphatic rings. The molecule has 2 aromatic heterocycles. The molecule has 4 rings (SSSR count). The normalized spacial score (nSPS) is 15.7. The van der Waals surface area contributed by atoms with E-state index in [9.17, 15) is 8.42 Å². The lowest BCUT2D eigenvalue weighted by Crippen LogP contribution is -2.48. The van der Waals surface area contributed by atoms with Gasteiger partial charge in [-0.15, -0.1) is 0 Å². The number of nitrogens with one attached hydrogen (secondary N) is 1. The van der Waals surface area contributed by atoms with Crippen molar-refractivity contribution in [2.75, 3.05) is 43.9 Å². The maximum atomic E-state index is 11.7. The molecule has 0 radical (unpaired) electrons. The number of hydrogen-bond donors (Lipinski definition) is 1. The molecule has 9 heteroatoms. The van der Waals surface area contributed by atoms with Crippen LogP contribution in [0.15, 0.2) is 36.5 Å². The van der Waals surface area contributed by atoms with Gasteiger partial charge < -0.3 is 9.64 Å². The number of pyridine rings is 1. The Morgan fingerprint density at radius 1 is 1.14 bits per heavy atom. The van der Waals surface area contributed by atoms with Crippen LogP contribution in [-0.4, -0.2) is 66.9 Å². The lowest BCUT2D eigenvalue weighted by molar-refractivity contribution is 0.318. The third kappa shape index (κ3) is 4.20. The van der Waals surface area contributed by atoms with Crippen molar-refractivity contribution in [2.24, 2.45) is 0 Å². The number of ether oxygens (including phenoxy) is 1. The van der Waals surface area contributed by atoms with E-state index in [4.69, 9.17) is 4.74 Å². The monoisotopic (exact) mass is 415 g/mol. The topological polar surface area (TPSA) is 91.4 Å². The predicted octanol–water partition coefficient (Wildman–Crippen LogP) is 2.50. The van der Waals surface area contributed by atoms with Crippen molar-refractivity contribution in [1.82, 2.24) is 19.5 Å². The molecule has 1 fully saturated rings. The lowest BCUT2D eigenvalue weighted by Gasteiger charge is -2.34. The molecule has 0 amide bonds. The summed E-state index contributed by atoms with van der Waals surface area (Å²) < 4.78 is 30.7. The van der Waals surface area contributed by atoms with Gasteiger partial charge in [0.15, 0.2) is 0 Å². The number of benzene rings is 1. The highest BCUT2D eigenvalue weighted by Gasteiger charge is 2.24. The second kappa shape index (κ2) is 8.00. The van der Waals surface area contributed by atoms with Gasteiger partial charge in [0, 0.05) is 43.3 Å². The van der Waals surface area contributed by atoms with Gasteiger partial charge in [-0.1, -0.05) is 6.92 Å². The van der Waals surface area contributed by atoms with Gasteiger partial charge in [-0.25, -0.2) is 13.4 Å². The maximum Gasteiger partial charge on any atom is 0.211 e. The van der Waals surface area contributed by atoms with Crippen LogP contribution in [0.5, 0.6) is 5.75 Å². The zero-order valence-electron chi connectivity index (χ0n) is 16.6. The molecule has 1 saturated heterocycles. The van der Waals surface area contributed by atoms with Crippen LogP contribution in [0.1, 0.15) is 13.3 Å². The van der Waals surface area contributed by atoms with Gasteiger partial charge in [0.05, 0.1) is 18.4 Å². The van der Waals surface area contributed by atoms with Gasteiger partial charge in [0.25, 0.3) is 0 Å². The van der Waals surface area contributed by atoms with Crippen molar-refractivity contribution >= 4 is 26.7 Å². The molecule has 1 aliphatic heterocycles. The summed E-state index contributed by atoms with van der Waals surface area (Å²) in [6.45, 7) is 4.91. The van der Waals surface area contributed by atoms with Crippen molar-refractivity contribution in [3.05, 3.63) is 36.5 Å². The van der Waals surface area contributed by atoms with Crippen molar-refractivity contribution < 1.29 is 13.2 Å². The molecule has 8 nitrogen and oxygen atoms in total. The Bertz CT molecular complexity index is 1100. The molecule has 0 unspecified atom stereocenters. The molecule has 0 aliphatic carbocycles. The molecule has 1 N–H and O–H groups in total. The molecule has 154 valence electrons. The van der Waals surface area contributed by atoms with Crippen molar-refractivity contribution in [3.8, 4) is 17.0 Å². The minimum atomic E-state index is -3.15. The number of aromatic nitrogens is 3. The Hall–Kier alpha value is -2.65. The SMILES string of the molecule is CCCOc1ccc2[nH]nc(-c3ccnc(N4CCN(S(C)(=O)=O)CC4)c3)c2c1. The number of rotatable bonds is 6. The standard InChI is InChI=1S/C20H25N5O3S/c1-3-12-28-16-4-5-18-17(14-16)20(23-22-18)15-6-7-21-19(13-15)24-8-10-25(11-9-24)29(2,26)27/h4-7,13-14H,3,8-12H2,1-2H3,(H,22,23). The molecule has 0 atom stereocenters. The summed E-state index contributed by atoms with van der Waals surface area (Å²) in [5.41, 5.74) is 2.75. The zero-order valence-corrected chi connectivity index (χ0v) is 17.4. The van der Waals surface area contributed by atoms with E-state index in [1.807, 2.05) is 30.3 Å². The van der Waals surface area contributed by atoms with Crippen molar-refractivity contribution in [2.45, 2.75) is 13.3 Å². The van der Waals surface area contributed by atoms with Crippen LogP contribution in [0.4, 0.5) is 5.82 Å². The first-order valence-electron chi connectivity index (χ1n) is 9.73. The van der Waals surface area contributed by atoms with Crippen LogP contribution < -0.4 is 9.64 Å². The van der Waals surface area contributed by atoms with Gasteiger partial charge in [-0.05, 0) is 36.8 Å². The predicted molar refractivity (Wildman–Crippen MR) is 114 cm³/mol. The Labute approximate surface area is 170 Å². The fraction of sp³-hybridized carbons (Fsp3) is 0.400. The average molecular weight is 416 g/mol. The van der Waals surface area contributed by atoms with Gasteiger partial charge >= 0.3 is 0 Å². The van der Waals surface area contributed by atoms with Crippen LogP contribution in [0.3, 0.4) is 0 Å². The zero-order chi connectivity index (χ0) is 20.4. The molecule has 1 aromatic carbocycles. The van der Waals surface area contributed by atoms with Gasteiger partial charge in [0.2, 0.25) is 10.0 Å². The second-order valence-electron chi connectivity index (χ2n) is 7.18. The van der Waals surface area contributed by atoms with Gasteiger partial charge in [-0.2, -0.15) is 9.40 Å². The first-order chi connectivity index (χ1) is 14.0. The summed E-state index contributed by atoms with van der Waals surface area (Å²) in [4.78, 5) is 6.60. The number of sulfonamides is 1. The molecular formula is C20H25N5O3S. The lowest BCUT2D eigenvalue weighted by atomic mass is 10.1. The maximum absolute atomic E-state index is 11.7. The van der Waals surface area contributed by atoms with Gasteiger partial charge in [0.1, 0.15) is 17.3 Å². The van der Waals surface area contributed by atoms with Crippen LogP contribution in [0, 0.1) is 0 Å². The van der Waals surface area contributed by atoms with E-state index in [0.29, 0.717) is 32.8 Å². The molecule has 3 heterocycles. The highest BCUT2D eigenvalue weighted by molar-refractivity contribution is 7.88. The third-order valence-electron chi connectivity index (χ3n) is 5.06. The average Bonchev–Trinajstić information content (AvgIpc) is 3.15. The first-order valence-corrected chi connectivity index (χ1v) is 11.6. The number of piperazine rings is 1. The van der Waals surface area contributed by atoms with Crippen molar-refractivity contribution in [1.29, 1.82) is 0 Å². The Kier molecular flexibility index (Phi) is 5.42. The Morgan fingerprint density at radius 2 is 1.93 bits per heavy atom. The first kappa shape index (κ1) is 19.7. The highest BCUT2D eigenvalue weighted by atomic mass is 32.2. The van der Waals surface area contributed by atoms with E-state index in [0.717, 1.165) is 40.1 Å². The number of hydrogen-bond acceptors (Lipinski definition) is 6. The van der Waals surface area contributed by atoms with E-state index in [1.165, 1.54) is 10.6 Å². The number of nitrogens with zero attached hydrogens (tertiary/aromatic N) is 4. The van der Waals surface area contributed by atoms with E-state index < -0.39 is 10.0 Å². The number of anilines is 1. The minimum Gasteiger partial charge on any atom is -0.494 e. The second-order valence-corrected chi connectivity index (χ2v) is 9.16. The summed E-state index contributed by atoms with van der Waals surface area (Å²) in [6.07, 6.45) is 3.98. The van der Waals surface area contributed by atoms with E-state index >= 15 is 0 Å². The number of aromatic amines is 1. The largest absolute Gasteiger partial charge is 0.494 e. The van der Waals surface area contributed by atoms with Crippen LogP contribution >= 0.6 is 0 Å². The van der Waals surface area contributed by atoms with Gasteiger partial charge in [-0.3, -0.25) is 5.10 Å². The Morgan fingerprint density at radius 3 is 2.66 bits per heavy atom. The van der Waals surface area contributed by atoms with E-state index in [1.54, 1.807) is 6.20 Å². The van der Waals surface area contributed by atoms with E-state index in [-0.39, 0.29) is 0 Å². The van der Waals surface area contributed by atoms with Crippen LogP contribution in [0.25, 0.3) is 22.2 Å². The van der Waals surface area contributed by atoms with Crippen LogP contribution in [-0.2, 0) is 10.0 Å². The smallest absolute Gasteiger partial charge is 0.211 e. The molecule has 3 aromatic rings. The molecular weight excluding hydrogens is 390 g/mol. The molecule has 0 bridgehead atoms. The molecule has 0 spiro atoms. The fourth-order valence-electron chi connectivity index (χ4n) is 3.51. The summed E-state index contributed by atoms with van der Waals surface area (Å²) in [5.74, 6) is 1.65.